The Hall–Kier alpha value is -2.99. The lowest BCUT2D eigenvalue weighted by molar-refractivity contribution is -0.385. The smallest absolute Gasteiger partial charge is 0.271 e. The number of nitrogens with one attached hydrogen (secondary N) is 1. The summed E-state index contributed by atoms with van der Waals surface area (Å²) in [4.78, 5) is 21.5. The van der Waals surface area contributed by atoms with E-state index in [1.165, 1.54) is 10.7 Å². The number of nitro benzene ring substituents is 1. The summed E-state index contributed by atoms with van der Waals surface area (Å²) < 4.78 is 34.8. The second-order valence-electron chi connectivity index (χ2n) is 6.22. The highest BCUT2D eigenvalue weighted by atomic mass is 32.2. The number of aryl methyl sites for hydroxylation is 1. The molecule has 0 aliphatic rings. The van der Waals surface area contributed by atoms with Crippen LogP contribution in [0.15, 0.2) is 23.1 Å². The van der Waals surface area contributed by atoms with E-state index in [0.29, 0.717) is 12.1 Å². The molecule has 0 unspecified atom stereocenters. The fourth-order valence-electron chi connectivity index (χ4n) is 2.50. The van der Waals surface area contributed by atoms with Gasteiger partial charge in [-0.2, -0.15) is 5.10 Å². The molecular formula is C16H21N5O6S. The molecule has 0 saturated carbocycles. The number of non-ortho nitro benzene ring substituents is 1. The summed E-state index contributed by atoms with van der Waals surface area (Å²) in [5.41, 5.74) is 5.21. The number of ether oxygens (including phenoxy) is 1. The van der Waals surface area contributed by atoms with E-state index in [-0.39, 0.29) is 17.3 Å². The summed E-state index contributed by atoms with van der Waals surface area (Å²) in [6, 6.07) is 2.78. The predicted molar refractivity (Wildman–Crippen MR) is 99.8 cm³/mol. The Morgan fingerprint density at radius 1 is 1.43 bits per heavy atom. The van der Waals surface area contributed by atoms with E-state index >= 15 is 0 Å². The molecule has 0 spiro atoms. The Kier molecular flexibility index (Phi) is 6.04. The van der Waals surface area contributed by atoms with Gasteiger partial charge in [0.1, 0.15) is 10.6 Å². The van der Waals surface area contributed by atoms with Crippen LogP contribution in [-0.2, 0) is 16.6 Å². The highest BCUT2D eigenvalue weighted by Crippen LogP contribution is 2.34. The minimum atomic E-state index is -4.11. The molecule has 1 amide bonds. The predicted octanol–water partition coefficient (Wildman–Crippen LogP) is 1.70. The fourth-order valence-corrected chi connectivity index (χ4v) is 3.89. The number of aromatic nitrogens is 2. The third-order valence-electron chi connectivity index (χ3n) is 3.69. The monoisotopic (exact) mass is 411 g/mol. The number of carbonyl (C=O) groups excluding carboxylic acids is 1. The van der Waals surface area contributed by atoms with Crippen LogP contribution in [-0.4, -0.2) is 35.1 Å². The van der Waals surface area contributed by atoms with Crippen LogP contribution in [0, 0.1) is 17.0 Å². The van der Waals surface area contributed by atoms with Crippen molar-refractivity contribution in [2.45, 2.75) is 45.2 Å². The zero-order valence-electron chi connectivity index (χ0n) is 15.8. The number of primary amides is 1. The van der Waals surface area contributed by atoms with Gasteiger partial charge in [0.05, 0.1) is 4.92 Å². The molecule has 0 bridgehead atoms. The molecule has 0 saturated heterocycles. The van der Waals surface area contributed by atoms with Gasteiger partial charge in [-0.25, -0.2) is 17.8 Å². The van der Waals surface area contributed by atoms with Crippen LogP contribution >= 0.6 is 0 Å². The maximum atomic E-state index is 12.7. The SMILES string of the molecule is CCn1nc(C(N)=O)c(C)c1Oc1ccc([N+](=O)[O-])cc1S(=O)(=O)NC(C)C. The Balaban J connectivity index is 2.64. The number of sulfonamides is 1. The summed E-state index contributed by atoms with van der Waals surface area (Å²) in [7, 11) is -4.11. The molecule has 0 aliphatic heterocycles. The normalized spacial score (nSPS) is 11.6. The quantitative estimate of drug-likeness (QED) is 0.494. The van der Waals surface area contributed by atoms with E-state index < -0.39 is 37.5 Å². The number of nitro groups is 1. The van der Waals surface area contributed by atoms with Crippen molar-refractivity contribution in [3.05, 3.63) is 39.6 Å². The molecule has 2 rings (SSSR count). The lowest BCUT2D eigenvalue weighted by Gasteiger charge is -2.15. The zero-order chi connectivity index (χ0) is 21.2. The first-order valence-corrected chi connectivity index (χ1v) is 9.82. The maximum absolute atomic E-state index is 12.7. The number of nitrogens with zero attached hydrogens (tertiary/aromatic N) is 3. The number of carbonyl (C=O) groups is 1. The summed E-state index contributed by atoms with van der Waals surface area (Å²) in [6.45, 7) is 6.86. The maximum Gasteiger partial charge on any atom is 0.271 e. The number of benzene rings is 1. The highest BCUT2D eigenvalue weighted by Gasteiger charge is 2.27. The molecule has 0 aliphatic carbocycles. The van der Waals surface area contributed by atoms with Gasteiger partial charge in [-0.05, 0) is 33.8 Å². The second kappa shape index (κ2) is 7.94. The van der Waals surface area contributed by atoms with Crippen LogP contribution in [0.3, 0.4) is 0 Å². The lowest BCUT2D eigenvalue weighted by atomic mass is 10.2. The zero-order valence-corrected chi connectivity index (χ0v) is 16.6. The van der Waals surface area contributed by atoms with E-state index in [1.807, 2.05) is 0 Å². The van der Waals surface area contributed by atoms with E-state index in [4.69, 9.17) is 10.5 Å². The van der Waals surface area contributed by atoms with Crippen molar-refractivity contribution in [2.75, 3.05) is 0 Å². The third kappa shape index (κ3) is 4.28. The fraction of sp³-hybridized carbons (Fsp3) is 0.375. The van der Waals surface area contributed by atoms with Crippen LogP contribution in [0.1, 0.15) is 36.8 Å². The van der Waals surface area contributed by atoms with Crippen molar-refractivity contribution in [3.63, 3.8) is 0 Å². The van der Waals surface area contributed by atoms with Crippen LogP contribution in [0.2, 0.25) is 0 Å². The van der Waals surface area contributed by atoms with Gasteiger partial charge in [-0.15, -0.1) is 0 Å². The Morgan fingerprint density at radius 3 is 2.57 bits per heavy atom. The van der Waals surface area contributed by atoms with Gasteiger partial charge < -0.3 is 10.5 Å². The second-order valence-corrected chi connectivity index (χ2v) is 7.91. The van der Waals surface area contributed by atoms with Gasteiger partial charge in [0.2, 0.25) is 15.9 Å². The number of hydrogen-bond donors (Lipinski definition) is 2. The van der Waals surface area contributed by atoms with Crippen molar-refractivity contribution in [1.29, 1.82) is 0 Å². The first-order chi connectivity index (χ1) is 13.0. The highest BCUT2D eigenvalue weighted by molar-refractivity contribution is 7.89. The van der Waals surface area contributed by atoms with Crippen molar-refractivity contribution >= 4 is 21.6 Å². The van der Waals surface area contributed by atoms with Crippen LogP contribution < -0.4 is 15.2 Å². The van der Waals surface area contributed by atoms with Crippen molar-refractivity contribution in [2.24, 2.45) is 5.73 Å². The van der Waals surface area contributed by atoms with Crippen molar-refractivity contribution in [1.82, 2.24) is 14.5 Å². The first-order valence-electron chi connectivity index (χ1n) is 8.33. The largest absolute Gasteiger partial charge is 0.438 e. The Bertz CT molecular complexity index is 1030. The van der Waals surface area contributed by atoms with E-state index in [1.54, 1.807) is 27.7 Å². The Morgan fingerprint density at radius 2 is 2.07 bits per heavy atom. The van der Waals surface area contributed by atoms with Crippen LogP contribution in [0.25, 0.3) is 0 Å². The number of amides is 1. The summed E-state index contributed by atoms with van der Waals surface area (Å²) in [6.07, 6.45) is 0. The van der Waals surface area contributed by atoms with Crippen LogP contribution in [0.4, 0.5) is 5.69 Å². The lowest BCUT2D eigenvalue weighted by Crippen LogP contribution is -2.30. The number of nitrogens with two attached hydrogens (primary N) is 1. The van der Waals surface area contributed by atoms with Crippen molar-refractivity contribution in [3.8, 4) is 11.6 Å². The molecule has 1 aromatic heterocycles. The van der Waals surface area contributed by atoms with Gasteiger partial charge in [0, 0.05) is 30.3 Å². The standard InChI is InChI=1S/C16H21N5O6S/c1-5-20-16(10(4)14(18-20)15(17)22)27-12-7-6-11(21(23)24)8-13(12)28(25,26)19-9(2)3/h6-9,19H,5H2,1-4H3,(H2,17,22). The third-order valence-corrected chi connectivity index (χ3v) is 5.37. The van der Waals surface area contributed by atoms with Crippen molar-refractivity contribution < 1.29 is 22.9 Å². The molecule has 3 N–H and O–H groups in total. The molecule has 28 heavy (non-hydrogen) atoms. The van der Waals surface area contributed by atoms with Gasteiger partial charge in [-0.3, -0.25) is 14.9 Å². The average Bonchev–Trinajstić information content (AvgIpc) is 2.90. The Labute approximate surface area is 161 Å². The molecule has 11 nitrogen and oxygen atoms in total. The molecule has 0 atom stereocenters. The van der Waals surface area contributed by atoms with E-state index in [2.05, 4.69) is 9.82 Å². The number of hydrogen-bond acceptors (Lipinski definition) is 7. The van der Waals surface area contributed by atoms with Gasteiger partial charge in [0.15, 0.2) is 5.69 Å². The molecular weight excluding hydrogens is 390 g/mol. The molecule has 152 valence electrons. The molecule has 1 heterocycles. The summed E-state index contributed by atoms with van der Waals surface area (Å²) in [5, 5.41) is 15.1. The van der Waals surface area contributed by atoms with Gasteiger partial charge in [-0.1, -0.05) is 0 Å². The average molecular weight is 411 g/mol. The van der Waals surface area contributed by atoms with Crippen LogP contribution in [0.5, 0.6) is 11.6 Å². The van der Waals surface area contributed by atoms with Gasteiger partial charge in [0.25, 0.3) is 11.6 Å². The molecule has 1 aromatic carbocycles. The molecule has 0 radical (unpaired) electrons. The topological polar surface area (TPSA) is 159 Å². The molecule has 0 fully saturated rings. The minimum Gasteiger partial charge on any atom is -0.438 e. The van der Waals surface area contributed by atoms with E-state index in [0.717, 1.165) is 12.1 Å². The number of rotatable bonds is 8. The van der Waals surface area contributed by atoms with E-state index in [9.17, 15) is 23.3 Å². The molecule has 2 aromatic rings. The van der Waals surface area contributed by atoms with Gasteiger partial charge >= 0.3 is 0 Å². The summed E-state index contributed by atoms with van der Waals surface area (Å²) in [5.74, 6) is -0.786. The first kappa shape index (κ1) is 21.3. The summed E-state index contributed by atoms with van der Waals surface area (Å²) >= 11 is 0. The molecule has 12 heteroatoms. The minimum absolute atomic E-state index is 0.0107.